The maximum Gasteiger partial charge on any atom is 0.115 e. The highest BCUT2D eigenvalue weighted by Gasteiger charge is 2.34. The molecule has 5 heteroatoms. The standard InChI is InChI=1S/C23H21ClFN3/c24-18-3-1-2-17(10-18)23-22(15-4-7-26-8-5-15)21(13-27-23)16-6-9-28-14-19(25)12-20(28)11-16/h1-5,7-8,10-11,13,19-20,27H,6,9,12,14H2. The zero-order valence-electron chi connectivity index (χ0n) is 15.4. The Morgan fingerprint density at radius 1 is 1.14 bits per heavy atom. The fraction of sp³-hybridized carbons (Fsp3) is 0.261. The predicted octanol–water partition coefficient (Wildman–Crippen LogP) is 5.60. The summed E-state index contributed by atoms with van der Waals surface area (Å²) in [5.74, 6) is 0. The van der Waals surface area contributed by atoms with Gasteiger partial charge in [-0.05, 0) is 48.2 Å². The van der Waals surface area contributed by atoms with Crippen molar-refractivity contribution in [2.75, 3.05) is 13.1 Å². The highest BCUT2D eigenvalue weighted by molar-refractivity contribution is 6.30. The first-order valence-corrected chi connectivity index (χ1v) is 10.0. The first-order chi connectivity index (χ1) is 13.7. The van der Waals surface area contributed by atoms with Gasteiger partial charge in [0, 0.05) is 59.4 Å². The van der Waals surface area contributed by atoms with Crippen LogP contribution < -0.4 is 0 Å². The van der Waals surface area contributed by atoms with Crippen molar-refractivity contribution in [1.29, 1.82) is 0 Å². The second-order valence-corrected chi connectivity index (χ2v) is 7.97. The van der Waals surface area contributed by atoms with Crippen LogP contribution in [0.2, 0.25) is 5.02 Å². The summed E-state index contributed by atoms with van der Waals surface area (Å²) >= 11 is 6.25. The SMILES string of the molecule is FC1CC2C=C(c3c[nH]c(-c4cccc(Cl)c4)c3-c3ccncc3)CCN2C1. The van der Waals surface area contributed by atoms with E-state index in [-0.39, 0.29) is 6.04 Å². The topological polar surface area (TPSA) is 31.9 Å². The Morgan fingerprint density at radius 2 is 2.00 bits per heavy atom. The van der Waals surface area contributed by atoms with Crippen LogP contribution in [0.1, 0.15) is 18.4 Å². The van der Waals surface area contributed by atoms with Gasteiger partial charge in [0.25, 0.3) is 0 Å². The van der Waals surface area contributed by atoms with Crippen LogP contribution in [0.4, 0.5) is 4.39 Å². The molecule has 5 rings (SSSR count). The third kappa shape index (κ3) is 3.17. The van der Waals surface area contributed by atoms with Gasteiger partial charge in [0.15, 0.2) is 0 Å². The summed E-state index contributed by atoms with van der Waals surface area (Å²) < 4.78 is 13.9. The van der Waals surface area contributed by atoms with Crippen LogP contribution in [-0.2, 0) is 0 Å². The summed E-state index contributed by atoms with van der Waals surface area (Å²) in [7, 11) is 0. The molecule has 4 heterocycles. The molecule has 0 amide bonds. The van der Waals surface area contributed by atoms with E-state index in [4.69, 9.17) is 11.6 Å². The molecule has 1 fully saturated rings. The average molecular weight is 394 g/mol. The molecule has 1 N–H and O–H groups in total. The lowest BCUT2D eigenvalue weighted by atomic mass is 9.90. The molecule has 3 aromatic rings. The number of alkyl halides is 1. The van der Waals surface area contributed by atoms with Gasteiger partial charge in [-0.2, -0.15) is 0 Å². The van der Waals surface area contributed by atoms with E-state index in [1.165, 1.54) is 11.1 Å². The number of nitrogens with one attached hydrogen (secondary N) is 1. The Bertz CT molecular complexity index is 1030. The first kappa shape index (κ1) is 17.7. The summed E-state index contributed by atoms with van der Waals surface area (Å²) in [5, 5.41) is 0.710. The molecule has 2 atom stereocenters. The third-order valence-corrected chi connectivity index (χ3v) is 6.00. The van der Waals surface area contributed by atoms with Gasteiger partial charge in [-0.15, -0.1) is 0 Å². The van der Waals surface area contributed by atoms with Gasteiger partial charge < -0.3 is 4.98 Å². The summed E-state index contributed by atoms with van der Waals surface area (Å²) in [6.07, 6.45) is 8.78. The van der Waals surface area contributed by atoms with Crippen LogP contribution in [-0.4, -0.2) is 40.2 Å². The number of rotatable bonds is 3. The van der Waals surface area contributed by atoms with Gasteiger partial charge in [0.1, 0.15) is 6.17 Å². The molecule has 2 aliphatic heterocycles. The quantitative estimate of drug-likeness (QED) is 0.628. The molecule has 0 spiro atoms. The normalized spacial score (nSPS) is 22.1. The predicted molar refractivity (Wildman–Crippen MR) is 112 cm³/mol. The number of aromatic amines is 1. The van der Waals surface area contributed by atoms with E-state index < -0.39 is 6.17 Å². The van der Waals surface area contributed by atoms with Gasteiger partial charge in [-0.25, -0.2) is 4.39 Å². The van der Waals surface area contributed by atoms with Crippen LogP contribution >= 0.6 is 11.6 Å². The van der Waals surface area contributed by atoms with E-state index in [0.29, 0.717) is 18.0 Å². The fourth-order valence-corrected chi connectivity index (χ4v) is 4.67. The fourth-order valence-electron chi connectivity index (χ4n) is 4.48. The molecule has 1 aromatic carbocycles. The lowest BCUT2D eigenvalue weighted by molar-refractivity contribution is 0.266. The van der Waals surface area contributed by atoms with E-state index in [9.17, 15) is 4.39 Å². The number of fused-ring (bicyclic) bond motifs is 1. The lowest BCUT2D eigenvalue weighted by Crippen LogP contribution is -2.32. The van der Waals surface area contributed by atoms with Crippen LogP contribution in [0.25, 0.3) is 28.0 Å². The maximum atomic E-state index is 13.9. The number of pyridine rings is 1. The zero-order valence-corrected chi connectivity index (χ0v) is 16.2. The third-order valence-electron chi connectivity index (χ3n) is 5.77. The Balaban J connectivity index is 1.64. The molecule has 0 radical (unpaired) electrons. The second kappa shape index (κ2) is 7.19. The smallest absolute Gasteiger partial charge is 0.115 e. The molecule has 0 bridgehead atoms. The van der Waals surface area contributed by atoms with E-state index in [1.54, 1.807) is 0 Å². The monoisotopic (exact) mass is 393 g/mol. The Labute approximate surface area is 168 Å². The Morgan fingerprint density at radius 3 is 2.82 bits per heavy atom. The van der Waals surface area contributed by atoms with Crippen molar-refractivity contribution >= 4 is 17.2 Å². The van der Waals surface area contributed by atoms with Crippen molar-refractivity contribution in [1.82, 2.24) is 14.9 Å². The van der Waals surface area contributed by atoms with Crippen molar-refractivity contribution < 1.29 is 4.39 Å². The zero-order chi connectivity index (χ0) is 19.1. The number of benzene rings is 1. The highest BCUT2D eigenvalue weighted by Crippen LogP contribution is 2.41. The highest BCUT2D eigenvalue weighted by atomic mass is 35.5. The van der Waals surface area contributed by atoms with Gasteiger partial charge in [-0.1, -0.05) is 29.8 Å². The number of hydrogen-bond donors (Lipinski definition) is 1. The van der Waals surface area contributed by atoms with Crippen molar-refractivity contribution in [3.05, 3.63) is 71.7 Å². The van der Waals surface area contributed by atoms with Crippen molar-refractivity contribution in [2.45, 2.75) is 25.1 Å². The molecule has 3 nitrogen and oxygen atoms in total. The number of nitrogens with zero attached hydrogens (tertiary/aromatic N) is 2. The van der Waals surface area contributed by atoms with Crippen LogP contribution in [0.3, 0.4) is 0 Å². The van der Waals surface area contributed by atoms with E-state index in [0.717, 1.165) is 35.3 Å². The van der Waals surface area contributed by atoms with E-state index >= 15 is 0 Å². The molecule has 142 valence electrons. The molecule has 28 heavy (non-hydrogen) atoms. The van der Waals surface area contributed by atoms with E-state index in [1.807, 2.05) is 42.7 Å². The van der Waals surface area contributed by atoms with Gasteiger partial charge in [0.2, 0.25) is 0 Å². The minimum Gasteiger partial charge on any atom is -0.360 e. The molecule has 0 aliphatic carbocycles. The van der Waals surface area contributed by atoms with Gasteiger partial charge in [0.05, 0.1) is 5.69 Å². The minimum atomic E-state index is -0.714. The molecule has 1 saturated heterocycles. The van der Waals surface area contributed by atoms with Gasteiger partial charge in [-0.3, -0.25) is 9.88 Å². The van der Waals surface area contributed by atoms with E-state index in [2.05, 4.69) is 33.2 Å². The van der Waals surface area contributed by atoms with Crippen LogP contribution in [0, 0.1) is 0 Å². The lowest BCUT2D eigenvalue weighted by Gasteiger charge is -2.28. The number of H-pyrrole nitrogens is 1. The average Bonchev–Trinajstić information content (AvgIpc) is 3.30. The van der Waals surface area contributed by atoms with Crippen molar-refractivity contribution in [3.8, 4) is 22.4 Å². The first-order valence-electron chi connectivity index (χ1n) is 9.66. The summed E-state index contributed by atoms with van der Waals surface area (Å²) in [6.45, 7) is 1.47. The number of halogens is 2. The molecule has 2 aromatic heterocycles. The molecule has 2 aliphatic rings. The summed E-state index contributed by atoms with van der Waals surface area (Å²) in [6, 6.07) is 12.2. The Kier molecular flexibility index (Phi) is 4.53. The molecule has 2 unspecified atom stereocenters. The molecular formula is C23H21ClFN3. The van der Waals surface area contributed by atoms with Crippen LogP contribution in [0.15, 0.2) is 61.1 Å². The number of hydrogen-bond acceptors (Lipinski definition) is 2. The molecule has 0 saturated carbocycles. The van der Waals surface area contributed by atoms with Crippen LogP contribution in [0.5, 0.6) is 0 Å². The second-order valence-electron chi connectivity index (χ2n) is 7.54. The summed E-state index contributed by atoms with van der Waals surface area (Å²) in [4.78, 5) is 9.90. The molecular weight excluding hydrogens is 373 g/mol. The van der Waals surface area contributed by atoms with Crippen molar-refractivity contribution in [2.24, 2.45) is 0 Å². The number of aromatic nitrogens is 2. The van der Waals surface area contributed by atoms with Gasteiger partial charge >= 0.3 is 0 Å². The Hall–Kier alpha value is -2.43. The maximum absolute atomic E-state index is 13.9. The largest absolute Gasteiger partial charge is 0.360 e. The summed E-state index contributed by atoms with van der Waals surface area (Å²) in [5.41, 5.74) is 6.82. The van der Waals surface area contributed by atoms with Crippen molar-refractivity contribution in [3.63, 3.8) is 0 Å². The minimum absolute atomic E-state index is 0.202.